The van der Waals surface area contributed by atoms with E-state index in [1.807, 2.05) is 6.92 Å². The Morgan fingerprint density at radius 3 is 2.68 bits per heavy atom. The van der Waals surface area contributed by atoms with Crippen molar-refractivity contribution in [2.24, 2.45) is 5.73 Å². The molecule has 19 heavy (non-hydrogen) atoms. The Morgan fingerprint density at radius 1 is 1.47 bits per heavy atom. The highest BCUT2D eigenvalue weighted by Gasteiger charge is 2.13. The van der Waals surface area contributed by atoms with Crippen LogP contribution in [0.2, 0.25) is 0 Å². The normalized spacial score (nSPS) is 11.5. The molecule has 0 aromatic heterocycles. The number of rotatable bonds is 5. The lowest BCUT2D eigenvalue weighted by atomic mass is 10.1. The standard InChI is InChI=1S/C14H19N3O2/c1-4-5-11(15)14(19)17-12-7-6-10(8-9(12)2)13(18)16-3/h4,6-8,11H,1,5,15H2,2-3H3,(H,16,18)(H,17,19). The Balaban J connectivity index is 2.83. The first-order valence-corrected chi connectivity index (χ1v) is 5.99. The molecule has 1 aromatic rings. The van der Waals surface area contributed by atoms with Crippen LogP contribution >= 0.6 is 0 Å². The Labute approximate surface area is 112 Å². The van der Waals surface area contributed by atoms with Gasteiger partial charge in [-0.05, 0) is 37.1 Å². The molecule has 0 spiro atoms. The van der Waals surface area contributed by atoms with E-state index in [0.29, 0.717) is 17.7 Å². The number of hydrogen-bond donors (Lipinski definition) is 3. The van der Waals surface area contributed by atoms with Crippen LogP contribution in [0, 0.1) is 6.92 Å². The monoisotopic (exact) mass is 261 g/mol. The fourth-order valence-corrected chi connectivity index (χ4v) is 1.60. The van der Waals surface area contributed by atoms with Crippen molar-refractivity contribution in [1.82, 2.24) is 5.32 Å². The van der Waals surface area contributed by atoms with Crippen molar-refractivity contribution >= 4 is 17.5 Å². The van der Waals surface area contributed by atoms with Gasteiger partial charge in [0.2, 0.25) is 5.91 Å². The molecule has 1 unspecified atom stereocenters. The third-order valence-electron chi connectivity index (χ3n) is 2.73. The van der Waals surface area contributed by atoms with Crippen LogP contribution in [-0.2, 0) is 4.79 Å². The van der Waals surface area contributed by atoms with E-state index in [0.717, 1.165) is 5.56 Å². The second-order valence-electron chi connectivity index (χ2n) is 4.23. The first-order chi connectivity index (χ1) is 8.99. The summed E-state index contributed by atoms with van der Waals surface area (Å²) in [6.45, 7) is 5.36. The highest BCUT2D eigenvalue weighted by Crippen LogP contribution is 2.17. The molecule has 0 fully saturated rings. The molecule has 1 atom stereocenters. The van der Waals surface area contributed by atoms with E-state index in [-0.39, 0.29) is 11.8 Å². The first kappa shape index (κ1) is 14.9. The predicted molar refractivity (Wildman–Crippen MR) is 76.0 cm³/mol. The maximum absolute atomic E-state index is 11.8. The largest absolute Gasteiger partial charge is 0.355 e. The maximum atomic E-state index is 11.8. The van der Waals surface area contributed by atoms with E-state index in [1.54, 1.807) is 31.3 Å². The topological polar surface area (TPSA) is 84.2 Å². The molecule has 0 aliphatic heterocycles. The summed E-state index contributed by atoms with van der Waals surface area (Å²) in [5.74, 6) is -0.431. The van der Waals surface area contributed by atoms with Crippen LogP contribution < -0.4 is 16.4 Å². The second-order valence-corrected chi connectivity index (χ2v) is 4.23. The molecule has 0 saturated heterocycles. The summed E-state index contributed by atoms with van der Waals surface area (Å²) in [6.07, 6.45) is 2.02. The number of hydrogen-bond acceptors (Lipinski definition) is 3. The fraction of sp³-hybridized carbons (Fsp3) is 0.286. The van der Waals surface area contributed by atoms with E-state index in [1.165, 1.54) is 0 Å². The smallest absolute Gasteiger partial charge is 0.251 e. The number of aryl methyl sites for hydroxylation is 1. The predicted octanol–water partition coefficient (Wildman–Crippen LogP) is 1.20. The highest BCUT2D eigenvalue weighted by atomic mass is 16.2. The third kappa shape index (κ3) is 3.93. The summed E-state index contributed by atoms with van der Waals surface area (Å²) < 4.78 is 0. The van der Waals surface area contributed by atoms with Crippen molar-refractivity contribution in [2.75, 3.05) is 12.4 Å². The van der Waals surface area contributed by atoms with Gasteiger partial charge in [-0.2, -0.15) is 0 Å². The van der Waals surface area contributed by atoms with Crippen LogP contribution in [-0.4, -0.2) is 24.9 Å². The van der Waals surface area contributed by atoms with Crippen LogP contribution in [0.3, 0.4) is 0 Å². The average molecular weight is 261 g/mol. The minimum atomic E-state index is -0.615. The van der Waals surface area contributed by atoms with Gasteiger partial charge in [0.15, 0.2) is 0 Å². The highest BCUT2D eigenvalue weighted by molar-refractivity contribution is 5.97. The molecule has 2 amide bonds. The molecule has 1 rings (SSSR count). The van der Waals surface area contributed by atoms with Crippen molar-refractivity contribution < 1.29 is 9.59 Å². The van der Waals surface area contributed by atoms with Gasteiger partial charge in [0.1, 0.15) is 0 Å². The summed E-state index contributed by atoms with van der Waals surface area (Å²) in [5, 5.41) is 5.28. The molecular weight excluding hydrogens is 242 g/mol. The Kier molecular flexibility index (Phi) is 5.26. The lowest BCUT2D eigenvalue weighted by molar-refractivity contribution is -0.117. The molecule has 0 aliphatic rings. The molecular formula is C14H19N3O2. The van der Waals surface area contributed by atoms with Gasteiger partial charge in [-0.3, -0.25) is 9.59 Å². The summed E-state index contributed by atoms with van der Waals surface area (Å²) in [7, 11) is 1.57. The number of nitrogens with two attached hydrogens (primary N) is 1. The van der Waals surface area contributed by atoms with Crippen LogP contribution in [0.15, 0.2) is 30.9 Å². The van der Waals surface area contributed by atoms with Crippen molar-refractivity contribution in [3.05, 3.63) is 42.0 Å². The van der Waals surface area contributed by atoms with Gasteiger partial charge in [-0.15, -0.1) is 6.58 Å². The van der Waals surface area contributed by atoms with Gasteiger partial charge < -0.3 is 16.4 Å². The molecule has 0 aliphatic carbocycles. The second kappa shape index (κ2) is 6.70. The van der Waals surface area contributed by atoms with Crippen molar-refractivity contribution in [1.29, 1.82) is 0 Å². The molecule has 5 nitrogen and oxygen atoms in total. The van der Waals surface area contributed by atoms with E-state index >= 15 is 0 Å². The summed E-state index contributed by atoms with van der Waals surface area (Å²) in [4.78, 5) is 23.2. The Bertz CT molecular complexity index is 497. The van der Waals surface area contributed by atoms with E-state index in [4.69, 9.17) is 5.73 Å². The average Bonchev–Trinajstić information content (AvgIpc) is 2.40. The van der Waals surface area contributed by atoms with Crippen molar-refractivity contribution in [3.63, 3.8) is 0 Å². The lowest BCUT2D eigenvalue weighted by Crippen LogP contribution is -2.35. The Hall–Kier alpha value is -2.14. The quantitative estimate of drug-likeness (QED) is 0.696. The number of nitrogens with one attached hydrogen (secondary N) is 2. The first-order valence-electron chi connectivity index (χ1n) is 5.99. The zero-order valence-electron chi connectivity index (χ0n) is 11.2. The number of carbonyl (C=O) groups is 2. The number of amides is 2. The van der Waals surface area contributed by atoms with Crippen molar-refractivity contribution in [3.8, 4) is 0 Å². The van der Waals surface area contributed by atoms with Gasteiger partial charge in [0, 0.05) is 18.3 Å². The minimum absolute atomic E-state index is 0.163. The van der Waals surface area contributed by atoms with E-state index < -0.39 is 6.04 Å². The maximum Gasteiger partial charge on any atom is 0.251 e. The zero-order valence-corrected chi connectivity index (χ0v) is 11.2. The fourth-order valence-electron chi connectivity index (χ4n) is 1.60. The van der Waals surface area contributed by atoms with E-state index in [9.17, 15) is 9.59 Å². The van der Waals surface area contributed by atoms with Crippen molar-refractivity contribution in [2.45, 2.75) is 19.4 Å². The number of benzene rings is 1. The van der Waals surface area contributed by atoms with Crippen LogP contribution in [0.4, 0.5) is 5.69 Å². The molecule has 5 heteroatoms. The van der Waals surface area contributed by atoms with Gasteiger partial charge >= 0.3 is 0 Å². The minimum Gasteiger partial charge on any atom is -0.355 e. The van der Waals surface area contributed by atoms with Crippen LogP contribution in [0.1, 0.15) is 22.3 Å². The summed E-state index contributed by atoms with van der Waals surface area (Å²) in [5.41, 5.74) is 7.68. The molecule has 1 aromatic carbocycles. The van der Waals surface area contributed by atoms with Gasteiger partial charge in [0.05, 0.1) is 6.04 Å². The number of anilines is 1. The van der Waals surface area contributed by atoms with Gasteiger partial charge in [0.25, 0.3) is 5.91 Å². The zero-order chi connectivity index (χ0) is 14.4. The SMILES string of the molecule is C=CCC(N)C(=O)Nc1ccc(C(=O)NC)cc1C. The van der Waals surface area contributed by atoms with Gasteiger partial charge in [-0.1, -0.05) is 6.08 Å². The van der Waals surface area contributed by atoms with Gasteiger partial charge in [-0.25, -0.2) is 0 Å². The van der Waals surface area contributed by atoms with Crippen LogP contribution in [0.5, 0.6) is 0 Å². The summed E-state index contributed by atoms with van der Waals surface area (Å²) in [6, 6.07) is 4.45. The molecule has 0 radical (unpaired) electrons. The van der Waals surface area contributed by atoms with Crippen LogP contribution in [0.25, 0.3) is 0 Å². The third-order valence-corrected chi connectivity index (χ3v) is 2.73. The lowest BCUT2D eigenvalue weighted by Gasteiger charge is -2.13. The molecule has 4 N–H and O–H groups in total. The molecule has 0 bridgehead atoms. The Morgan fingerprint density at radius 2 is 2.16 bits per heavy atom. The molecule has 0 heterocycles. The summed E-state index contributed by atoms with van der Waals surface area (Å²) >= 11 is 0. The molecule has 102 valence electrons. The number of carbonyl (C=O) groups excluding carboxylic acids is 2. The van der Waals surface area contributed by atoms with E-state index in [2.05, 4.69) is 17.2 Å². The molecule has 0 saturated carbocycles.